The van der Waals surface area contributed by atoms with Gasteiger partial charge in [-0.05, 0) is 44.2 Å². The van der Waals surface area contributed by atoms with Gasteiger partial charge in [0.2, 0.25) is 0 Å². The number of benzene rings is 1. The number of aryl methyl sites for hydroxylation is 1. The van der Waals surface area contributed by atoms with Crippen molar-refractivity contribution in [1.82, 2.24) is 0 Å². The molecule has 0 aliphatic rings. The topological polar surface area (TPSA) is 90.8 Å². The van der Waals surface area contributed by atoms with Gasteiger partial charge in [0, 0.05) is 0 Å². The van der Waals surface area contributed by atoms with Crippen molar-refractivity contribution in [2.45, 2.75) is 116 Å². The van der Waals surface area contributed by atoms with Crippen molar-refractivity contribution < 1.29 is 33.5 Å². The second kappa shape index (κ2) is 26.0. The molecule has 1 aromatic rings. The normalized spacial score (nSPS) is 12.8. The third-order valence-corrected chi connectivity index (χ3v) is 7.38. The van der Waals surface area contributed by atoms with Crippen LogP contribution in [0, 0.1) is 0 Å². The number of ether oxygens (including phenoxy) is 2. The van der Waals surface area contributed by atoms with Crippen LogP contribution in [0.4, 0.5) is 0 Å². The summed E-state index contributed by atoms with van der Waals surface area (Å²) in [5.41, 5.74) is 1.17. The first-order valence-electron chi connectivity index (χ1n) is 15.1. The predicted molar refractivity (Wildman–Crippen MR) is 155 cm³/mol. The number of carbonyl (C=O) groups is 1. The third kappa shape index (κ3) is 19.8. The number of unbranched alkanes of at least 4 members (excludes halogenated alkanes) is 12. The largest absolute Gasteiger partial charge is 0.489 e. The van der Waals surface area contributed by atoms with Gasteiger partial charge in [0.15, 0.2) is 6.10 Å². The lowest BCUT2D eigenvalue weighted by molar-refractivity contribution is -0.652. The molecule has 0 saturated heterocycles. The Labute approximate surface area is 233 Å². The quantitative estimate of drug-likeness (QED) is 0.0699. The summed E-state index contributed by atoms with van der Waals surface area (Å²) in [5.74, 6) is 0.807. The molecule has 1 aromatic carbocycles. The van der Waals surface area contributed by atoms with Gasteiger partial charge in [-0.2, -0.15) is 0 Å². The lowest BCUT2D eigenvalue weighted by Crippen LogP contribution is -2.83. The monoisotopic (exact) mass is 556 g/mol. The lowest BCUT2D eigenvalue weighted by Gasteiger charge is -2.19. The van der Waals surface area contributed by atoms with Crippen molar-refractivity contribution in [3.63, 3.8) is 0 Å². The number of nitrogens with two attached hydrogens (primary N) is 1. The van der Waals surface area contributed by atoms with E-state index in [2.05, 4.69) is 25.2 Å². The number of carbonyl (C=O) groups excluding carboxylic acids is 1. The van der Waals surface area contributed by atoms with Crippen LogP contribution in [-0.2, 0) is 25.0 Å². The van der Waals surface area contributed by atoms with E-state index in [0.717, 1.165) is 44.5 Å². The summed E-state index contributed by atoms with van der Waals surface area (Å²) in [7, 11) is -2.00. The second-order valence-corrected chi connectivity index (χ2v) is 11.0. The zero-order valence-electron chi connectivity index (χ0n) is 24.1. The number of hydrogen-bond acceptors (Lipinski definition) is 6. The van der Waals surface area contributed by atoms with E-state index in [-0.39, 0.29) is 13.2 Å². The van der Waals surface area contributed by atoms with Crippen LogP contribution < -0.4 is 10.1 Å². The highest BCUT2D eigenvalue weighted by atomic mass is 31.2. The molecule has 2 unspecified atom stereocenters. The SMILES string of the molecule is CCCCCCCCCCCCCCc1ccccc1OCC(COP(O)OCCCC[NH2+]CC)OC=O. The smallest absolute Gasteiger partial charge is 0.329 e. The molecule has 0 aliphatic carbocycles. The summed E-state index contributed by atoms with van der Waals surface area (Å²) >= 11 is 0. The van der Waals surface area contributed by atoms with E-state index in [1.54, 1.807) is 0 Å². The molecular weight excluding hydrogens is 501 g/mol. The van der Waals surface area contributed by atoms with Crippen molar-refractivity contribution in [1.29, 1.82) is 0 Å². The summed E-state index contributed by atoms with van der Waals surface area (Å²) in [6, 6.07) is 8.03. The molecule has 0 aliphatic heterocycles. The Hall–Kier alpha value is -1.24. The van der Waals surface area contributed by atoms with E-state index < -0.39 is 14.7 Å². The zero-order valence-corrected chi connectivity index (χ0v) is 25.0. The molecule has 0 heterocycles. The molecule has 2 atom stereocenters. The fraction of sp³-hybridized carbons (Fsp3) is 0.767. The van der Waals surface area contributed by atoms with Crippen LogP contribution in [0.5, 0.6) is 5.75 Å². The van der Waals surface area contributed by atoms with Crippen LogP contribution in [0.1, 0.15) is 109 Å². The molecule has 0 aromatic heterocycles. The van der Waals surface area contributed by atoms with Gasteiger partial charge < -0.3 is 28.7 Å². The van der Waals surface area contributed by atoms with Crippen molar-refractivity contribution in [3.8, 4) is 5.75 Å². The minimum atomic E-state index is -2.00. The van der Waals surface area contributed by atoms with E-state index in [4.69, 9.17) is 18.5 Å². The molecule has 0 spiro atoms. The first-order chi connectivity index (χ1) is 18.7. The Kier molecular flexibility index (Phi) is 23.8. The zero-order chi connectivity index (χ0) is 27.5. The summed E-state index contributed by atoms with van der Waals surface area (Å²) in [6.07, 6.45) is 18.2. The minimum Gasteiger partial charge on any atom is -0.489 e. The molecule has 3 N–H and O–H groups in total. The Morgan fingerprint density at radius 2 is 1.50 bits per heavy atom. The molecule has 0 fully saturated rings. The lowest BCUT2D eigenvalue weighted by atomic mass is 10.0. The predicted octanol–water partition coefficient (Wildman–Crippen LogP) is 6.47. The number of rotatable bonds is 28. The van der Waals surface area contributed by atoms with Gasteiger partial charge in [0.25, 0.3) is 6.47 Å². The van der Waals surface area contributed by atoms with Gasteiger partial charge in [-0.1, -0.05) is 95.8 Å². The van der Waals surface area contributed by atoms with Gasteiger partial charge in [-0.3, -0.25) is 4.79 Å². The Morgan fingerprint density at radius 1 is 0.842 bits per heavy atom. The Balaban J connectivity index is 2.23. The number of hydrogen-bond donors (Lipinski definition) is 2. The maximum absolute atomic E-state index is 10.9. The molecule has 7 nitrogen and oxygen atoms in total. The molecule has 220 valence electrons. The molecule has 38 heavy (non-hydrogen) atoms. The average Bonchev–Trinajstić information content (AvgIpc) is 2.93. The first-order valence-corrected chi connectivity index (χ1v) is 16.2. The molecular formula is C30H55NO6P+. The van der Waals surface area contributed by atoms with Crippen LogP contribution in [0.3, 0.4) is 0 Å². The van der Waals surface area contributed by atoms with E-state index in [0.29, 0.717) is 13.1 Å². The van der Waals surface area contributed by atoms with E-state index in [9.17, 15) is 9.69 Å². The average molecular weight is 557 g/mol. The van der Waals surface area contributed by atoms with Crippen molar-refractivity contribution in [2.24, 2.45) is 0 Å². The van der Waals surface area contributed by atoms with Crippen LogP contribution in [0.2, 0.25) is 0 Å². The van der Waals surface area contributed by atoms with Crippen LogP contribution in [0.15, 0.2) is 24.3 Å². The maximum atomic E-state index is 10.9. The van der Waals surface area contributed by atoms with Crippen molar-refractivity contribution in [3.05, 3.63) is 29.8 Å². The van der Waals surface area contributed by atoms with Gasteiger partial charge in [0.05, 0.1) is 26.3 Å². The van der Waals surface area contributed by atoms with E-state index in [1.165, 1.54) is 76.2 Å². The fourth-order valence-corrected chi connectivity index (χ4v) is 4.97. The Morgan fingerprint density at radius 3 is 2.16 bits per heavy atom. The van der Waals surface area contributed by atoms with Gasteiger partial charge in [-0.15, -0.1) is 0 Å². The summed E-state index contributed by atoms with van der Waals surface area (Å²) in [6.45, 7) is 7.53. The molecule has 0 saturated carbocycles. The maximum Gasteiger partial charge on any atom is 0.329 e. The highest BCUT2D eigenvalue weighted by Crippen LogP contribution is 2.33. The third-order valence-electron chi connectivity index (χ3n) is 6.61. The molecule has 8 heteroatoms. The van der Waals surface area contributed by atoms with Crippen LogP contribution in [-0.4, -0.2) is 50.4 Å². The van der Waals surface area contributed by atoms with E-state index >= 15 is 0 Å². The number of para-hydroxylation sites is 1. The highest BCUT2D eigenvalue weighted by Gasteiger charge is 2.16. The second-order valence-electron chi connectivity index (χ2n) is 9.97. The molecule has 1 rings (SSSR count). The first kappa shape index (κ1) is 34.8. The minimum absolute atomic E-state index is 0.0193. The number of quaternary nitrogens is 1. The molecule has 0 amide bonds. The van der Waals surface area contributed by atoms with Gasteiger partial charge >= 0.3 is 8.60 Å². The van der Waals surface area contributed by atoms with Crippen LogP contribution >= 0.6 is 8.60 Å². The van der Waals surface area contributed by atoms with Crippen LogP contribution in [0.25, 0.3) is 0 Å². The fourth-order valence-electron chi connectivity index (χ4n) is 4.32. The van der Waals surface area contributed by atoms with Crippen molar-refractivity contribution >= 4 is 15.1 Å². The van der Waals surface area contributed by atoms with Gasteiger partial charge in [-0.25, -0.2) is 0 Å². The standard InChI is InChI=1S/C30H54NO6P/c1-3-5-6-7-8-9-10-11-12-13-14-15-20-28-21-16-17-22-30(28)34-25-29(35-27-32)26-37-38(33)36-24-19-18-23-31-4-2/h16-17,21-22,27,29,31,33H,3-15,18-20,23-26H2,1-2H3/p+1. The summed E-state index contributed by atoms with van der Waals surface area (Å²) < 4.78 is 21.8. The van der Waals surface area contributed by atoms with Crippen molar-refractivity contribution in [2.75, 3.05) is 32.9 Å². The highest BCUT2D eigenvalue weighted by molar-refractivity contribution is 7.40. The summed E-state index contributed by atoms with van der Waals surface area (Å²) in [5, 5.41) is 2.23. The molecule has 0 radical (unpaired) electrons. The Bertz CT molecular complexity index is 665. The van der Waals surface area contributed by atoms with Gasteiger partial charge in [0.1, 0.15) is 12.4 Å². The van der Waals surface area contributed by atoms with E-state index in [1.807, 2.05) is 18.2 Å². The molecule has 0 bridgehead atoms. The summed E-state index contributed by atoms with van der Waals surface area (Å²) in [4.78, 5) is 20.9.